The third kappa shape index (κ3) is 2.56. The van der Waals surface area contributed by atoms with Crippen molar-refractivity contribution >= 4 is 27.5 Å². The summed E-state index contributed by atoms with van der Waals surface area (Å²) in [6.07, 6.45) is 0.484. The summed E-state index contributed by atoms with van der Waals surface area (Å²) in [6.45, 7) is 0. The van der Waals surface area contributed by atoms with Crippen molar-refractivity contribution in [1.82, 2.24) is 0 Å². The summed E-state index contributed by atoms with van der Waals surface area (Å²) in [4.78, 5) is 13.6. The molecule has 2 aromatic carbocycles. The molecule has 1 aliphatic heterocycles. The number of halogens is 1. The molecule has 2 aromatic rings. The monoisotopic (exact) mass is 345 g/mol. The van der Waals surface area contributed by atoms with E-state index in [1.807, 2.05) is 31.3 Å². The quantitative estimate of drug-likeness (QED) is 0.794. The number of carbonyl (C=O) groups is 1. The number of carbonyl (C=O) groups excluding carboxylic acids is 1. The van der Waals surface area contributed by atoms with Gasteiger partial charge >= 0.3 is 0 Å². The van der Waals surface area contributed by atoms with Gasteiger partial charge in [0.05, 0.1) is 18.4 Å². The third-order valence-electron chi connectivity index (χ3n) is 3.86. The van der Waals surface area contributed by atoms with Gasteiger partial charge in [0.15, 0.2) is 0 Å². The first-order valence-corrected chi connectivity index (χ1v) is 7.69. The largest absolute Gasteiger partial charge is 0.497 e. The second-order valence-corrected chi connectivity index (χ2v) is 6.07. The number of hydrogen-bond donors (Lipinski definition) is 0. The number of methoxy groups -OCH3 is 1. The second kappa shape index (κ2) is 5.53. The maximum absolute atomic E-state index is 11.8. The van der Waals surface area contributed by atoms with Gasteiger partial charge in [0.25, 0.3) is 0 Å². The van der Waals surface area contributed by atoms with Crippen LogP contribution in [-0.2, 0) is 11.2 Å². The van der Waals surface area contributed by atoms with E-state index in [1.165, 1.54) is 0 Å². The average Bonchev–Trinajstić information content (AvgIpc) is 2.81. The molecule has 4 heteroatoms. The van der Waals surface area contributed by atoms with Crippen LogP contribution in [0.5, 0.6) is 5.75 Å². The Bertz CT molecular complexity index is 699. The molecule has 0 fully saturated rings. The van der Waals surface area contributed by atoms with E-state index in [2.05, 4.69) is 34.1 Å². The Morgan fingerprint density at radius 3 is 2.71 bits per heavy atom. The van der Waals surface area contributed by atoms with Crippen LogP contribution in [0.4, 0.5) is 5.69 Å². The predicted molar refractivity (Wildman–Crippen MR) is 87.3 cm³/mol. The molecule has 3 nitrogen and oxygen atoms in total. The fraction of sp³-hybridized carbons (Fsp3) is 0.235. The summed E-state index contributed by atoms with van der Waals surface area (Å²) in [6, 6.07) is 14.2. The fourth-order valence-corrected chi connectivity index (χ4v) is 3.21. The van der Waals surface area contributed by atoms with Gasteiger partial charge in [-0.25, -0.2) is 0 Å². The lowest BCUT2D eigenvalue weighted by Gasteiger charge is -2.14. The Morgan fingerprint density at radius 2 is 1.95 bits per heavy atom. The van der Waals surface area contributed by atoms with Crippen LogP contribution < -0.4 is 9.64 Å². The lowest BCUT2D eigenvalue weighted by atomic mass is 10.0. The van der Waals surface area contributed by atoms with Gasteiger partial charge in [-0.05, 0) is 34.9 Å². The number of alkyl halides is 1. The second-order valence-electron chi connectivity index (χ2n) is 5.16. The first-order chi connectivity index (χ1) is 10.1. The molecule has 0 spiro atoms. The van der Waals surface area contributed by atoms with Crippen LogP contribution in [0.15, 0.2) is 42.5 Å². The number of rotatable bonds is 3. The average molecular weight is 346 g/mol. The van der Waals surface area contributed by atoms with Gasteiger partial charge in [0.2, 0.25) is 5.91 Å². The first-order valence-electron chi connectivity index (χ1n) is 6.77. The normalized spacial score (nSPS) is 15.0. The molecule has 3 rings (SSSR count). The number of likely N-dealkylation sites (N-methyl/N-ethyl adjacent to an activating group) is 1. The van der Waals surface area contributed by atoms with Gasteiger partial charge in [0, 0.05) is 12.7 Å². The summed E-state index contributed by atoms with van der Waals surface area (Å²) in [5, 5.41) is 0. The summed E-state index contributed by atoms with van der Waals surface area (Å²) >= 11 is 3.74. The third-order valence-corrected chi connectivity index (χ3v) is 4.92. The number of anilines is 1. The number of ether oxygens (including phenoxy) is 1. The van der Waals surface area contributed by atoms with Crippen LogP contribution in [0, 0.1) is 0 Å². The Hall–Kier alpha value is -1.81. The topological polar surface area (TPSA) is 29.5 Å². The molecule has 1 heterocycles. The van der Waals surface area contributed by atoms with Crippen molar-refractivity contribution in [3.05, 3.63) is 59.2 Å². The number of benzene rings is 2. The molecule has 1 atom stereocenters. The minimum absolute atomic E-state index is 0.0823. The lowest BCUT2D eigenvalue weighted by molar-refractivity contribution is -0.117. The zero-order valence-corrected chi connectivity index (χ0v) is 13.6. The smallest absolute Gasteiger partial charge is 0.231 e. The number of hydrogen-bond acceptors (Lipinski definition) is 2. The van der Waals surface area contributed by atoms with Gasteiger partial charge < -0.3 is 9.64 Å². The fourth-order valence-electron chi connectivity index (χ4n) is 2.64. The van der Waals surface area contributed by atoms with Crippen molar-refractivity contribution in [2.24, 2.45) is 0 Å². The highest BCUT2D eigenvalue weighted by Crippen LogP contribution is 2.36. The SMILES string of the molecule is COc1cccc(C(Br)c2ccc3c(c2)CC(=O)N3C)c1. The van der Waals surface area contributed by atoms with Crippen LogP contribution in [0.1, 0.15) is 21.5 Å². The van der Waals surface area contributed by atoms with Gasteiger partial charge in [-0.3, -0.25) is 4.79 Å². The Labute approximate surface area is 132 Å². The van der Waals surface area contributed by atoms with Crippen LogP contribution in [0.25, 0.3) is 0 Å². The highest BCUT2D eigenvalue weighted by atomic mass is 79.9. The molecule has 0 saturated heterocycles. The lowest BCUT2D eigenvalue weighted by Crippen LogP contribution is -2.20. The number of amides is 1. The molecular formula is C17H16BrNO2. The van der Waals surface area contributed by atoms with E-state index in [0.29, 0.717) is 6.42 Å². The highest BCUT2D eigenvalue weighted by Gasteiger charge is 2.25. The van der Waals surface area contributed by atoms with Crippen LogP contribution in [0.2, 0.25) is 0 Å². The van der Waals surface area contributed by atoms with E-state index in [4.69, 9.17) is 4.74 Å². The molecule has 0 aliphatic carbocycles. The van der Waals surface area contributed by atoms with E-state index in [9.17, 15) is 4.79 Å². The van der Waals surface area contributed by atoms with Crippen LogP contribution >= 0.6 is 15.9 Å². The number of fused-ring (bicyclic) bond motifs is 1. The molecule has 0 radical (unpaired) electrons. The van der Waals surface area contributed by atoms with Crippen LogP contribution in [-0.4, -0.2) is 20.1 Å². The van der Waals surface area contributed by atoms with Gasteiger partial charge in [-0.2, -0.15) is 0 Å². The van der Waals surface area contributed by atoms with Gasteiger partial charge in [-0.15, -0.1) is 0 Å². The van der Waals surface area contributed by atoms with E-state index >= 15 is 0 Å². The molecule has 1 amide bonds. The standard InChI is InChI=1S/C17H16BrNO2/c1-19-15-7-6-12(8-13(15)10-16(19)20)17(18)11-4-3-5-14(9-11)21-2/h3-9,17H,10H2,1-2H3. The molecular weight excluding hydrogens is 330 g/mol. The van der Waals surface area contributed by atoms with Crippen molar-refractivity contribution in [3.8, 4) is 5.75 Å². The summed E-state index contributed by atoms with van der Waals surface area (Å²) in [5.74, 6) is 0.989. The Morgan fingerprint density at radius 1 is 1.19 bits per heavy atom. The Balaban J connectivity index is 1.94. The molecule has 21 heavy (non-hydrogen) atoms. The van der Waals surface area contributed by atoms with Crippen molar-refractivity contribution in [1.29, 1.82) is 0 Å². The Kier molecular flexibility index (Phi) is 3.72. The molecule has 1 unspecified atom stereocenters. The van der Waals surface area contributed by atoms with Crippen molar-refractivity contribution in [2.75, 3.05) is 19.1 Å². The van der Waals surface area contributed by atoms with Crippen LogP contribution in [0.3, 0.4) is 0 Å². The summed E-state index contributed by atoms with van der Waals surface area (Å²) in [5.41, 5.74) is 4.37. The molecule has 0 aromatic heterocycles. The first kappa shape index (κ1) is 14.1. The maximum atomic E-state index is 11.8. The molecule has 0 bridgehead atoms. The molecule has 0 saturated carbocycles. The predicted octanol–water partition coefficient (Wildman–Crippen LogP) is 3.70. The molecule has 1 aliphatic rings. The van der Waals surface area contributed by atoms with Crippen molar-refractivity contribution < 1.29 is 9.53 Å². The zero-order chi connectivity index (χ0) is 15.0. The number of nitrogens with zero attached hydrogens (tertiary/aromatic N) is 1. The molecule has 108 valence electrons. The van der Waals surface area contributed by atoms with E-state index < -0.39 is 0 Å². The van der Waals surface area contributed by atoms with E-state index in [0.717, 1.165) is 28.1 Å². The van der Waals surface area contributed by atoms with Crippen molar-refractivity contribution in [3.63, 3.8) is 0 Å². The summed E-state index contributed by atoms with van der Waals surface area (Å²) < 4.78 is 5.27. The van der Waals surface area contributed by atoms with Crippen molar-refractivity contribution in [2.45, 2.75) is 11.2 Å². The zero-order valence-electron chi connectivity index (χ0n) is 12.0. The molecule has 0 N–H and O–H groups in total. The van der Waals surface area contributed by atoms with E-state index in [1.54, 1.807) is 12.0 Å². The van der Waals surface area contributed by atoms with Gasteiger partial charge in [-0.1, -0.05) is 40.2 Å². The summed E-state index contributed by atoms with van der Waals surface area (Å²) in [7, 11) is 3.49. The minimum Gasteiger partial charge on any atom is -0.497 e. The van der Waals surface area contributed by atoms with Gasteiger partial charge in [0.1, 0.15) is 5.75 Å². The minimum atomic E-state index is 0.0823. The highest BCUT2D eigenvalue weighted by molar-refractivity contribution is 9.09. The van der Waals surface area contributed by atoms with E-state index in [-0.39, 0.29) is 10.7 Å². The maximum Gasteiger partial charge on any atom is 0.231 e.